The first kappa shape index (κ1) is 13.6. The maximum absolute atomic E-state index is 8.96. The van der Waals surface area contributed by atoms with Gasteiger partial charge in [-0.3, -0.25) is 0 Å². The fourth-order valence-corrected chi connectivity index (χ4v) is 2.53. The number of hydrogen-bond acceptors (Lipinski definition) is 4. The van der Waals surface area contributed by atoms with Crippen molar-refractivity contribution < 1.29 is 5.21 Å². The number of aryl methyl sites for hydroxylation is 2. The van der Waals surface area contributed by atoms with Crippen LogP contribution in [0.25, 0.3) is 0 Å². The molecule has 0 spiro atoms. The van der Waals surface area contributed by atoms with Crippen molar-refractivity contribution in [1.29, 1.82) is 0 Å². The van der Waals surface area contributed by atoms with Crippen LogP contribution in [0.3, 0.4) is 0 Å². The van der Waals surface area contributed by atoms with E-state index < -0.39 is 0 Å². The predicted molar refractivity (Wildman–Crippen MR) is 76.8 cm³/mol. The van der Waals surface area contributed by atoms with Gasteiger partial charge in [-0.15, -0.1) is 0 Å². The zero-order valence-corrected chi connectivity index (χ0v) is 12.0. The molecule has 0 amide bonds. The fourth-order valence-electron chi connectivity index (χ4n) is 2.53. The van der Waals surface area contributed by atoms with Crippen molar-refractivity contribution >= 4 is 11.7 Å². The SMILES string of the molecule is Cc1cc(C)c(/C(N)=N/O)c(N(C)C(C)C2CC2)n1. The van der Waals surface area contributed by atoms with Crippen LogP contribution >= 0.6 is 0 Å². The van der Waals surface area contributed by atoms with E-state index in [2.05, 4.69) is 22.0 Å². The van der Waals surface area contributed by atoms with Crippen LogP contribution in [0.5, 0.6) is 0 Å². The Labute approximate surface area is 114 Å². The first-order valence-electron chi connectivity index (χ1n) is 6.64. The summed E-state index contributed by atoms with van der Waals surface area (Å²) in [5.41, 5.74) is 8.45. The van der Waals surface area contributed by atoms with Gasteiger partial charge in [-0.2, -0.15) is 0 Å². The van der Waals surface area contributed by atoms with Crippen LogP contribution in [-0.2, 0) is 0 Å². The molecule has 1 aromatic heterocycles. The number of amidine groups is 1. The normalized spacial score (nSPS) is 17.4. The summed E-state index contributed by atoms with van der Waals surface area (Å²) in [5.74, 6) is 1.65. The highest BCUT2D eigenvalue weighted by Gasteiger charge is 2.32. The molecule has 104 valence electrons. The summed E-state index contributed by atoms with van der Waals surface area (Å²) in [4.78, 5) is 6.73. The summed E-state index contributed by atoms with van der Waals surface area (Å²) in [6.45, 7) is 6.12. The summed E-state index contributed by atoms with van der Waals surface area (Å²) in [6.07, 6.45) is 2.55. The van der Waals surface area contributed by atoms with E-state index in [4.69, 9.17) is 10.9 Å². The smallest absolute Gasteiger partial charge is 0.174 e. The molecule has 0 bridgehead atoms. The molecule has 1 atom stereocenters. The number of aromatic nitrogens is 1. The van der Waals surface area contributed by atoms with E-state index in [1.807, 2.05) is 27.0 Å². The molecule has 0 aromatic carbocycles. The minimum absolute atomic E-state index is 0.120. The van der Waals surface area contributed by atoms with Gasteiger partial charge in [0.25, 0.3) is 0 Å². The third-order valence-corrected chi connectivity index (χ3v) is 3.94. The lowest BCUT2D eigenvalue weighted by Crippen LogP contribution is -2.34. The van der Waals surface area contributed by atoms with Gasteiger partial charge in [-0.25, -0.2) is 4.98 Å². The second-order valence-electron chi connectivity index (χ2n) is 5.45. The third kappa shape index (κ3) is 2.64. The number of pyridine rings is 1. The number of nitrogens with zero attached hydrogens (tertiary/aromatic N) is 3. The molecule has 1 saturated carbocycles. The van der Waals surface area contributed by atoms with Gasteiger partial charge in [0, 0.05) is 18.8 Å². The molecule has 5 heteroatoms. The number of hydrogen-bond donors (Lipinski definition) is 2. The summed E-state index contributed by atoms with van der Waals surface area (Å²) >= 11 is 0. The van der Waals surface area contributed by atoms with Gasteiger partial charge in [0.05, 0.1) is 5.56 Å². The molecule has 0 saturated heterocycles. The highest BCUT2D eigenvalue weighted by atomic mass is 16.4. The molecule has 1 aliphatic carbocycles. The van der Waals surface area contributed by atoms with Gasteiger partial charge >= 0.3 is 0 Å². The van der Waals surface area contributed by atoms with Crippen LogP contribution < -0.4 is 10.6 Å². The van der Waals surface area contributed by atoms with Crippen molar-refractivity contribution in [2.75, 3.05) is 11.9 Å². The molecular weight excluding hydrogens is 240 g/mol. The molecule has 19 heavy (non-hydrogen) atoms. The topological polar surface area (TPSA) is 74.7 Å². The minimum Gasteiger partial charge on any atom is -0.409 e. The van der Waals surface area contributed by atoms with Crippen LogP contribution in [0.15, 0.2) is 11.2 Å². The Morgan fingerprint density at radius 1 is 1.53 bits per heavy atom. The zero-order chi connectivity index (χ0) is 14.2. The average molecular weight is 262 g/mol. The number of nitrogens with two attached hydrogens (primary N) is 1. The minimum atomic E-state index is 0.120. The van der Waals surface area contributed by atoms with E-state index in [9.17, 15) is 0 Å². The molecule has 2 rings (SSSR count). The van der Waals surface area contributed by atoms with Crippen molar-refractivity contribution in [3.63, 3.8) is 0 Å². The summed E-state index contributed by atoms with van der Waals surface area (Å²) in [5, 5.41) is 12.1. The first-order valence-corrected chi connectivity index (χ1v) is 6.64. The Hall–Kier alpha value is -1.78. The van der Waals surface area contributed by atoms with Crippen LogP contribution in [0, 0.1) is 19.8 Å². The van der Waals surface area contributed by atoms with Crippen molar-refractivity contribution in [2.45, 2.75) is 39.7 Å². The van der Waals surface area contributed by atoms with Gasteiger partial charge in [-0.1, -0.05) is 5.16 Å². The van der Waals surface area contributed by atoms with Crippen molar-refractivity contribution in [3.05, 3.63) is 22.9 Å². The predicted octanol–water partition coefficient (Wildman–Crippen LogP) is 2.03. The molecule has 1 heterocycles. The molecule has 1 fully saturated rings. The first-order chi connectivity index (χ1) is 8.95. The lowest BCUT2D eigenvalue weighted by Gasteiger charge is -2.28. The van der Waals surface area contributed by atoms with Gasteiger partial charge in [0.15, 0.2) is 5.84 Å². The highest BCUT2D eigenvalue weighted by molar-refractivity contribution is 6.02. The fraction of sp³-hybridized carbons (Fsp3) is 0.571. The van der Waals surface area contributed by atoms with Crippen molar-refractivity contribution in [3.8, 4) is 0 Å². The van der Waals surface area contributed by atoms with Crippen LogP contribution in [-0.4, -0.2) is 29.1 Å². The summed E-state index contributed by atoms with van der Waals surface area (Å²) in [7, 11) is 2.03. The largest absolute Gasteiger partial charge is 0.409 e. The van der Waals surface area contributed by atoms with Crippen LogP contribution in [0.2, 0.25) is 0 Å². The Morgan fingerprint density at radius 3 is 2.68 bits per heavy atom. The number of anilines is 1. The van der Waals surface area contributed by atoms with E-state index in [-0.39, 0.29) is 5.84 Å². The Bertz CT molecular complexity index is 508. The molecule has 1 unspecified atom stereocenters. The molecule has 1 aromatic rings. The van der Waals surface area contributed by atoms with E-state index in [0.29, 0.717) is 6.04 Å². The number of oxime groups is 1. The maximum Gasteiger partial charge on any atom is 0.174 e. The van der Waals surface area contributed by atoms with Crippen LogP contribution in [0.4, 0.5) is 5.82 Å². The van der Waals surface area contributed by atoms with Gasteiger partial charge in [0.2, 0.25) is 0 Å². The van der Waals surface area contributed by atoms with Gasteiger partial charge < -0.3 is 15.8 Å². The monoisotopic (exact) mass is 262 g/mol. The van der Waals surface area contributed by atoms with Crippen molar-refractivity contribution in [1.82, 2.24) is 4.98 Å². The molecular formula is C14H22N4O. The highest BCUT2D eigenvalue weighted by Crippen LogP contribution is 2.36. The zero-order valence-electron chi connectivity index (χ0n) is 12.0. The summed E-state index contributed by atoms with van der Waals surface area (Å²) in [6, 6.07) is 2.37. The van der Waals surface area contributed by atoms with E-state index >= 15 is 0 Å². The second-order valence-corrected chi connectivity index (χ2v) is 5.45. The Kier molecular flexibility index (Phi) is 3.64. The molecule has 0 aliphatic heterocycles. The van der Waals surface area contributed by atoms with E-state index in [1.165, 1.54) is 12.8 Å². The Balaban J connectivity index is 2.47. The summed E-state index contributed by atoms with van der Waals surface area (Å²) < 4.78 is 0. The quantitative estimate of drug-likeness (QED) is 0.377. The average Bonchev–Trinajstić information content (AvgIpc) is 3.19. The van der Waals surface area contributed by atoms with Crippen LogP contribution in [0.1, 0.15) is 36.6 Å². The van der Waals surface area contributed by atoms with Gasteiger partial charge in [-0.05, 0) is 51.2 Å². The van der Waals surface area contributed by atoms with Crippen molar-refractivity contribution in [2.24, 2.45) is 16.8 Å². The lowest BCUT2D eigenvalue weighted by molar-refractivity contribution is 0.318. The maximum atomic E-state index is 8.96. The third-order valence-electron chi connectivity index (χ3n) is 3.94. The van der Waals surface area contributed by atoms with E-state index in [0.717, 1.165) is 28.6 Å². The standard InChI is InChI=1S/C14H22N4O/c1-8-7-9(2)16-14(12(8)13(15)17-19)18(4)10(3)11-5-6-11/h7,10-11,19H,5-6H2,1-4H3,(H2,15,17). The lowest BCUT2D eigenvalue weighted by atomic mass is 10.1. The Morgan fingerprint density at radius 2 is 2.16 bits per heavy atom. The molecule has 3 N–H and O–H groups in total. The molecule has 1 aliphatic rings. The number of rotatable bonds is 4. The molecule has 0 radical (unpaired) electrons. The second kappa shape index (κ2) is 5.07. The molecule has 5 nitrogen and oxygen atoms in total. The van der Waals surface area contributed by atoms with E-state index in [1.54, 1.807) is 0 Å². The van der Waals surface area contributed by atoms with Gasteiger partial charge in [0.1, 0.15) is 5.82 Å².